The van der Waals surface area contributed by atoms with Gasteiger partial charge in [0, 0.05) is 31.9 Å². The maximum Gasteiger partial charge on any atom is 0.173 e. The van der Waals surface area contributed by atoms with Crippen molar-refractivity contribution >= 4 is 5.69 Å². The lowest BCUT2D eigenvalue weighted by Crippen LogP contribution is -2.48. The van der Waals surface area contributed by atoms with Crippen molar-refractivity contribution in [1.29, 1.82) is 0 Å². The minimum absolute atomic E-state index is 0.118. The van der Waals surface area contributed by atoms with Crippen molar-refractivity contribution in [2.75, 3.05) is 52.4 Å². The average molecular weight is 467 g/mol. The zero-order valence-electron chi connectivity index (χ0n) is 20.9. The number of tetrazole rings is 1. The Balaban J connectivity index is 1.65. The molecule has 2 aromatic carbocycles. The highest BCUT2D eigenvalue weighted by Crippen LogP contribution is 2.36. The summed E-state index contributed by atoms with van der Waals surface area (Å²) >= 11 is 0. The molecule has 1 aromatic heterocycles. The lowest BCUT2D eigenvalue weighted by Gasteiger charge is -2.40. The predicted molar refractivity (Wildman–Crippen MR) is 131 cm³/mol. The molecule has 0 spiro atoms. The van der Waals surface area contributed by atoms with Crippen LogP contribution < -0.4 is 19.1 Å². The smallest absolute Gasteiger partial charge is 0.173 e. The average Bonchev–Trinajstić information content (AvgIpc) is 3.35. The normalized spacial score (nSPS) is 15.8. The fourth-order valence-corrected chi connectivity index (χ4v) is 4.42. The number of hydrogen-bond donors (Lipinski definition) is 0. The van der Waals surface area contributed by atoms with E-state index in [2.05, 4.69) is 64.3 Å². The number of rotatable bonds is 7. The highest BCUT2D eigenvalue weighted by Gasteiger charge is 2.33. The zero-order chi connectivity index (χ0) is 24.3. The summed E-state index contributed by atoms with van der Waals surface area (Å²) in [5, 5.41) is 12.9. The van der Waals surface area contributed by atoms with Crippen molar-refractivity contribution in [1.82, 2.24) is 25.1 Å². The number of nitrogens with zero attached hydrogens (tertiary/aromatic N) is 6. The molecule has 0 N–H and O–H groups in total. The van der Waals surface area contributed by atoms with E-state index in [1.54, 1.807) is 21.3 Å². The molecule has 1 atom stereocenters. The van der Waals surface area contributed by atoms with Gasteiger partial charge in [0.25, 0.3) is 0 Å². The van der Waals surface area contributed by atoms with Gasteiger partial charge in [0.2, 0.25) is 0 Å². The largest absolute Gasteiger partial charge is 0.497 e. The molecule has 4 rings (SSSR count). The number of hydrogen-bond acceptors (Lipinski definition) is 8. The monoisotopic (exact) mass is 466 g/mol. The number of methoxy groups -OCH3 is 3. The van der Waals surface area contributed by atoms with Crippen LogP contribution in [0.15, 0.2) is 42.5 Å². The molecule has 1 saturated heterocycles. The summed E-state index contributed by atoms with van der Waals surface area (Å²) in [6, 6.07) is 14.2. The Morgan fingerprint density at radius 3 is 2.09 bits per heavy atom. The first-order valence-corrected chi connectivity index (χ1v) is 11.5. The van der Waals surface area contributed by atoms with Crippen LogP contribution in [0.25, 0.3) is 0 Å². The summed E-state index contributed by atoms with van der Waals surface area (Å²) in [7, 11) is 4.99. The summed E-state index contributed by atoms with van der Waals surface area (Å²) in [6.07, 6.45) is 0. The lowest BCUT2D eigenvalue weighted by atomic mass is 10.0. The van der Waals surface area contributed by atoms with Crippen LogP contribution >= 0.6 is 0 Å². The van der Waals surface area contributed by atoms with E-state index in [-0.39, 0.29) is 11.6 Å². The van der Waals surface area contributed by atoms with Crippen molar-refractivity contribution in [3.8, 4) is 17.2 Å². The molecule has 9 heteroatoms. The maximum absolute atomic E-state index is 5.60. The van der Waals surface area contributed by atoms with Gasteiger partial charge in [0.1, 0.15) is 5.75 Å². The van der Waals surface area contributed by atoms with E-state index in [9.17, 15) is 0 Å². The third-order valence-electron chi connectivity index (χ3n) is 6.21. The van der Waals surface area contributed by atoms with E-state index >= 15 is 0 Å². The Morgan fingerprint density at radius 2 is 1.50 bits per heavy atom. The molecule has 0 unspecified atom stereocenters. The SMILES string of the molecule is COc1ccc(N2CCN([C@H](c3ccc(OC)c(OC)c3)c3nnnn3C(C)(C)C)CC2)cc1. The van der Waals surface area contributed by atoms with E-state index in [4.69, 9.17) is 14.2 Å². The number of piperazine rings is 1. The third-order valence-corrected chi connectivity index (χ3v) is 6.21. The number of benzene rings is 2. The third kappa shape index (κ3) is 4.79. The van der Waals surface area contributed by atoms with Crippen LogP contribution in [0.4, 0.5) is 5.69 Å². The van der Waals surface area contributed by atoms with Gasteiger partial charge in [-0.05, 0) is 73.2 Å². The molecular formula is C25H34N6O3. The van der Waals surface area contributed by atoms with E-state index in [1.165, 1.54) is 5.69 Å². The number of ether oxygens (including phenoxy) is 3. The molecule has 182 valence electrons. The van der Waals surface area contributed by atoms with E-state index in [0.717, 1.165) is 43.3 Å². The summed E-state index contributed by atoms with van der Waals surface area (Å²) in [5.41, 5.74) is 2.01. The van der Waals surface area contributed by atoms with Crippen LogP contribution in [0.2, 0.25) is 0 Å². The topological polar surface area (TPSA) is 77.8 Å². The molecule has 2 heterocycles. The van der Waals surface area contributed by atoms with Gasteiger partial charge in [-0.2, -0.15) is 0 Å². The Labute approximate surface area is 201 Å². The molecular weight excluding hydrogens is 432 g/mol. The first kappa shape index (κ1) is 23.8. The molecule has 1 aliphatic rings. The molecule has 0 amide bonds. The van der Waals surface area contributed by atoms with Crippen LogP contribution in [0.1, 0.15) is 38.2 Å². The van der Waals surface area contributed by atoms with Crippen molar-refractivity contribution in [3.05, 3.63) is 53.9 Å². The van der Waals surface area contributed by atoms with Crippen LogP contribution in [-0.4, -0.2) is 72.6 Å². The second-order valence-corrected chi connectivity index (χ2v) is 9.36. The van der Waals surface area contributed by atoms with Gasteiger partial charge < -0.3 is 19.1 Å². The second kappa shape index (κ2) is 9.89. The molecule has 1 fully saturated rings. The predicted octanol–water partition coefficient (Wildman–Crippen LogP) is 3.37. The summed E-state index contributed by atoms with van der Waals surface area (Å²) < 4.78 is 18.3. The highest BCUT2D eigenvalue weighted by molar-refractivity contribution is 5.50. The van der Waals surface area contributed by atoms with E-state index in [1.807, 2.05) is 28.9 Å². The van der Waals surface area contributed by atoms with Crippen LogP contribution in [0, 0.1) is 0 Å². The van der Waals surface area contributed by atoms with Gasteiger partial charge in [-0.15, -0.1) is 5.10 Å². The summed E-state index contributed by atoms with van der Waals surface area (Å²) in [5.74, 6) is 3.07. The van der Waals surface area contributed by atoms with Crippen LogP contribution in [0.5, 0.6) is 17.2 Å². The molecule has 34 heavy (non-hydrogen) atoms. The minimum Gasteiger partial charge on any atom is -0.497 e. The molecule has 0 saturated carbocycles. The summed E-state index contributed by atoms with van der Waals surface area (Å²) in [4.78, 5) is 4.84. The zero-order valence-corrected chi connectivity index (χ0v) is 20.9. The highest BCUT2D eigenvalue weighted by atomic mass is 16.5. The van der Waals surface area contributed by atoms with Gasteiger partial charge in [-0.3, -0.25) is 4.90 Å². The minimum atomic E-state index is -0.251. The van der Waals surface area contributed by atoms with Gasteiger partial charge in [0.15, 0.2) is 17.3 Å². The molecule has 3 aromatic rings. The first-order valence-electron chi connectivity index (χ1n) is 11.5. The van der Waals surface area contributed by atoms with Crippen molar-refractivity contribution in [2.45, 2.75) is 32.4 Å². The van der Waals surface area contributed by atoms with Gasteiger partial charge in [-0.25, -0.2) is 4.68 Å². The number of aromatic nitrogens is 4. The Kier molecular flexibility index (Phi) is 6.92. The second-order valence-electron chi connectivity index (χ2n) is 9.36. The van der Waals surface area contributed by atoms with Crippen molar-refractivity contribution in [2.24, 2.45) is 0 Å². The molecule has 0 aliphatic carbocycles. The first-order chi connectivity index (χ1) is 16.4. The molecule has 0 bridgehead atoms. The van der Waals surface area contributed by atoms with Crippen LogP contribution in [0.3, 0.4) is 0 Å². The maximum atomic E-state index is 5.60. The standard InChI is InChI=1S/C25H34N6O3/c1-25(2,3)31-24(26-27-28-31)23(18-7-12-21(33-5)22(17-18)34-6)30-15-13-29(14-16-30)19-8-10-20(32-4)11-9-19/h7-12,17,23H,13-16H2,1-6H3/t23-/m1/s1. The van der Waals surface area contributed by atoms with Gasteiger partial charge in [-0.1, -0.05) is 6.07 Å². The molecule has 0 radical (unpaired) electrons. The molecule has 9 nitrogen and oxygen atoms in total. The van der Waals surface area contributed by atoms with E-state index < -0.39 is 0 Å². The van der Waals surface area contributed by atoms with Crippen LogP contribution in [-0.2, 0) is 5.54 Å². The Morgan fingerprint density at radius 1 is 0.824 bits per heavy atom. The lowest BCUT2D eigenvalue weighted by molar-refractivity contribution is 0.191. The fourth-order valence-electron chi connectivity index (χ4n) is 4.42. The van der Waals surface area contributed by atoms with E-state index in [0.29, 0.717) is 11.5 Å². The quantitative estimate of drug-likeness (QED) is 0.525. The fraction of sp³-hybridized carbons (Fsp3) is 0.480. The van der Waals surface area contributed by atoms with Crippen molar-refractivity contribution < 1.29 is 14.2 Å². The Hall–Kier alpha value is -3.33. The Bertz CT molecular complexity index is 1080. The number of anilines is 1. The van der Waals surface area contributed by atoms with Gasteiger partial charge in [0.05, 0.1) is 32.9 Å². The summed E-state index contributed by atoms with van der Waals surface area (Å²) in [6.45, 7) is 9.85. The van der Waals surface area contributed by atoms with Crippen molar-refractivity contribution in [3.63, 3.8) is 0 Å². The van der Waals surface area contributed by atoms with Gasteiger partial charge >= 0.3 is 0 Å². The molecule has 1 aliphatic heterocycles.